The van der Waals surface area contributed by atoms with Crippen LogP contribution in [0.5, 0.6) is 0 Å². The van der Waals surface area contributed by atoms with E-state index in [-0.39, 0.29) is 18.5 Å². The van der Waals surface area contributed by atoms with Gasteiger partial charge in [0.1, 0.15) is 12.3 Å². The van der Waals surface area contributed by atoms with Gasteiger partial charge in [0, 0.05) is 31.5 Å². The number of amides is 1. The van der Waals surface area contributed by atoms with Crippen molar-refractivity contribution in [1.29, 1.82) is 5.26 Å². The van der Waals surface area contributed by atoms with E-state index in [0.29, 0.717) is 29.2 Å². The predicted octanol–water partition coefficient (Wildman–Crippen LogP) is 2.89. The summed E-state index contributed by atoms with van der Waals surface area (Å²) < 4.78 is 11.4. The van der Waals surface area contributed by atoms with Crippen LogP contribution in [-0.4, -0.2) is 36.2 Å². The lowest BCUT2D eigenvalue weighted by atomic mass is 10.1. The number of methoxy groups -OCH3 is 1. The summed E-state index contributed by atoms with van der Waals surface area (Å²) in [5.41, 5.74) is 2.70. The monoisotopic (exact) mass is 404 g/mol. The van der Waals surface area contributed by atoms with Crippen LogP contribution in [0.2, 0.25) is 0 Å². The minimum Gasteiger partial charge on any atom is -0.447 e. The van der Waals surface area contributed by atoms with Gasteiger partial charge in [-0.3, -0.25) is 10.1 Å². The Balaban J connectivity index is 1.77. The zero-order valence-electron chi connectivity index (χ0n) is 16.4. The minimum atomic E-state index is -0.582. The molecule has 1 heterocycles. The summed E-state index contributed by atoms with van der Waals surface area (Å²) in [7, 11) is 1.52. The highest BCUT2D eigenvalue weighted by Gasteiger charge is 2.08. The predicted molar refractivity (Wildman–Crippen MR) is 111 cm³/mol. The maximum Gasteiger partial charge on any atom is 0.411 e. The molecule has 2 aromatic carbocycles. The third-order valence-corrected chi connectivity index (χ3v) is 4.19. The highest BCUT2D eigenvalue weighted by atomic mass is 16.6. The largest absolute Gasteiger partial charge is 0.447 e. The number of ether oxygens (including phenoxy) is 2. The molecular formula is C22H20N4O4. The number of hydrogen-bond acceptors (Lipinski definition) is 6. The molecule has 30 heavy (non-hydrogen) atoms. The Bertz CT molecular complexity index is 1130. The van der Waals surface area contributed by atoms with Gasteiger partial charge < -0.3 is 9.47 Å². The van der Waals surface area contributed by atoms with E-state index in [1.54, 1.807) is 47.3 Å². The number of anilines is 1. The standard InChI is InChI=1S/C22H20N4O4/c1-29-10-11-30-22(28)24-18-6-2-4-16(12-18)14-20-21(27)8-9-26(25-20)19-7-3-5-17(13-19)15-23/h2-9,12-13H,10-11,14H2,1H3,(H,24,28). The first-order valence-corrected chi connectivity index (χ1v) is 9.20. The number of aromatic nitrogens is 2. The minimum absolute atomic E-state index is 0.155. The Hall–Kier alpha value is -3.96. The Morgan fingerprint density at radius 1 is 1.17 bits per heavy atom. The topological polar surface area (TPSA) is 106 Å². The van der Waals surface area contributed by atoms with Gasteiger partial charge in [-0.1, -0.05) is 18.2 Å². The van der Waals surface area contributed by atoms with Gasteiger partial charge in [0.2, 0.25) is 5.43 Å². The van der Waals surface area contributed by atoms with Crippen molar-refractivity contribution in [2.24, 2.45) is 0 Å². The number of nitriles is 1. The summed E-state index contributed by atoms with van der Waals surface area (Å²) in [5.74, 6) is 0. The van der Waals surface area contributed by atoms with Crippen molar-refractivity contribution in [3.63, 3.8) is 0 Å². The fourth-order valence-electron chi connectivity index (χ4n) is 2.76. The average molecular weight is 404 g/mol. The zero-order chi connectivity index (χ0) is 21.3. The van der Waals surface area contributed by atoms with Crippen LogP contribution in [0, 0.1) is 11.3 Å². The molecule has 0 aliphatic carbocycles. The maximum absolute atomic E-state index is 12.3. The molecule has 0 spiro atoms. The summed E-state index contributed by atoms with van der Waals surface area (Å²) in [5, 5.41) is 16.1. The smallest absolute Gasteiger partial charge is 0.411 e. The molecule has 1 aromatic heterocycles. The van der Waals surface area contributed by atoms with Gasteiger partial charge >= 0.3 is 6.09 Å². The van der Waals surface area contributed by atoms with Crippen molar-refractivity contribution in [2.45, 2.75) is 6.42 Å². The molecule has 0 bridgehead atoms. The van der Waals surface area contributed by atoms with Gasteiger partial charge in [0.15, 0.2) is 0 Å². The Labute approximate surface area is 173 Å². The third-order valence-electron chi connectivity index (χ3n) is 4.19. The molecule has 0 fully saturated rings. The van der Waals surface area contributed by atoms with Gasteiger partial charge in [-0.15, -0.1) is 0 Å². The quantitative estimate of drug-likeness (QED) is 0.607. The lowest BCUT2D eigenvalue weighted by Crippen LogP contribution is -2.17. The Morgan fingerprint density at radius 2 is 2.00 bits per heavy atom. The average Bonchev–Trinajstić information content (AvgIpc) is 2.76. The zero-order valence-corrected chi connectivity index (χ0v) is 16.4. The van der Waals surface area contributed by atoms with Crippen LogP contribution < -0.4 is 10.7 Å². The second-order valence-corrected chi connectivity index (χ2v) is 6.36. The summed E-state index contributed by atoms with van der Waals surface area (Å²) in [6.07, 6.45) is 1.27. The molecule has 0 saturated heterocycles. The highest BCUT2D eigenvalue weighted by molar-refractivity contribution is 5.84. The molecule has 0 atom stereocenters. The molecule has 152 valence electrons. The van der Waals surface area contributed by atoms with E-state index in [0.717, 1.165) is 5.56 Å². The van der Waals surface area contributed by atoms with Gasteiger partial charge in [0.05, 0.1) is 23.9 Å². The molecule has 0 radical (unpaired) electrons. The van der Waals surface area contributed by atoms with Crippen LogP contribution in [0.15, 0.2) is 65.6 Å². The van der Waals surface area contributed by atoms with Crippen molar-refractivity contribution >= 4 is 11.8 Å². The molecule has 0 unspecified atom stereocenters. The fourth-order valence-corrected chi connectivity index (χ4v) is 2.76. The first-order valence-electron chi connectivity index (χ1n) is 9.20. The molecular weight excluding hydrogens is 384 g/mol. The van der Waals surface area contributed by atoms with Gasteiger partial charge in [-0.25, -0.2) is 9.48 Å². The van der Waals surface area contributed by atoms with Gasteiger partial charge in [-0.05, 0) is 35.9 Å². The number of benzene rings is 2. The van der Waals surface area contributed by atoms with Crippen LogP contribution in [-0.2, 0) is 15.9 Å². The number of carbonyl (C=O) groups excluding carboxylic acids is 1. The maximum atomic E-state index is 12.3. The van der Waals surface area contributed by atoms with E-state index in [9.17, 15) is 9.59 Å². The third kappa shape index (κ3) is 5.53. The number of carbonyl (C=O) groups is 1. The second kappa shape index (κ2) is 10.0. The van der Waals surface area contributed by atoms with E-state index in [1.807, 2.05) is 12.1 Å². The van der Waals surface area contributed by atoms with Gasteiger partial charge in [-0.2, -0.15) is 10.4 Å². The van der Waals surface area contributed by atoms with E-state index in [2.05, 4.69) is 16.5 Å². The summed E-state index contributed by atoms with van der Waals surface area (Å²) in [4.78, 5) is 24.1. The van der Waals surface area contributed by atoms with Crippen LogP contribution in [0.4, 0.5) is 10.5 Å². The molecule has 3 aromatic rings. The lowest BCUT2D eigenvalue weighted by molar-refractivity contribution is 0.107. The molecule has 8 heteroatoms. The van der Waals surface area contributed by atoms with Crippen LogP contribution in [0.3, 0.4) is 0 Å². The highest BCUT2D eigenvalue weighted by Crippen LogP contribution is 2.14. The number of nitrogens with zero attached hydrogens (tertiary/aromatic N) is 3. The van der Waals surface area contributed by atoms with Crippen LogP contribution in [0.1, 0.15) is 16.8 Å². The first kappa shape index (κ1) is 20.8. The lowest BCUT2D eigenvalue weighted by Gasteiger charge is -2.10. The summed E-state index contributed by atoms with van der Waals surface area (Å²) in [6.45, 7) is 0.471. The molecule has 1 amide bonds. The van der Waals surface area contributed by atoms with Crippen molar-refractivity contribution in [3.8, 4) is 11.8 Å². The van der Waals surface area contributed by atoms with Crippen molar-refractivity contribution in [2.75, 3.05) is 25.6 Å². The molecule has 0 saturated carbocycles. The normalized spacial score (nSPS) is 10.3. The molecule has 0 aliphatic rings. The molecule has 3 rings (SSSR count). The second-order valence-electron chi connectivity index (χ2n) is 6.36. The van der Waals surface area contributed by atoms with E-state index < -0.39 is 6.09 Å². The molecule has 0 aliphatic heterocycles. The van der Waals surface area contributed by atoms with Crippen molar-refractivity contribution < 1.29 is 14.3 Å². The van der Waals surface area contributed by atoms with E-state index in [1.165, 1.54) is 13.2 Å². The first-order chi connectivity index (χ1) is 14.6. The van der Waals surface area contributed by atoms with Crippen molar-refractivity contribution in [1.82, 2.24) is 9.78 Å². The van der Waals surface area contributed by atoms with Crippen LogP contribution >= 0.6 is 0 Å². The molecule has 8 nitrogen and oxygen atoms in total. The summed E-state index contributed by atoms with van der Waals surface area (Å²) in [6, 6.07) is 17.6. The van der Waals surface area contributed by atoms with E-state index in [4.69, 9.17) is 14.7 Å². The SMILES string of the molecule is COCCOC(=O)Nc1cccc(Cc2nn(-c3cccc(C#N)c3)ccc2=O)c1. The number of nitrogens with one attached hydrogen (secondary N) is 1. The number of rotatable bonds is 7. The van der Waals surface area contributed by atoms with E-state index >= 15 is 0 Å². The fraction of sp³-hybridized carbons (Fsp3) is 0.182. The number of hydrogen-bond donors (Lipinski definition) is 1. The van der Waals surface area contributed by atoms with Crippen molar-refractivity contribution in [3.05, 3.63) is 87.8 Å². The van der Waals surface area contributed by atoms with Gasteiger partial charge in [0.25, 0.3) is 0 Å². The Kier molecular flexibility index (Phi) is 6.92. The molecule has 1 N–H and O–H groups in total. The Morgan fingerprint density at radius 3 is 2.80 bits per heavy atom. The summed E-state index contributed by atoms with van der Waals surface area (Å²) >= 11 is 0. The van der Waals surface area contributed by atoms with Crippen LogP contribution in [0.25, 0.3) is 5.69 Å².